The first-order valence-corrected chi connectivity index (χ1v) is 6.27. The molecule has 0 fully saturated rings. The zero-order valence-electron chi connectivity index (χ0n) is 9.25. The van der Waals surface area contributed by atoms with Crippen LogP contribution in [0.5, 0.6) is 0 Å². The molecule has 3 nitrogen and oxygen atoms in total. The van der Waals surface area contributed by atoms with Crippen LogP contribution in [0.4, 0.5) is 0 Å². The van der Waals surface area contributed by atoms with Crippen molar-refractivity contribution in [3.05, 3.63) is 48.3 Å². The van der Waals surface area contributed by atoms with Crippen LogP contribution in [0.1, 0.15) is 10.5 Å². The van der Waals surface area contributed by atoms with Crippen molar-refractivity contribution in [3.63, 3.8) is 0 Å². The van der Waals surface area contributed by atoms with Crippen LogP contribution >= 0.6 is 11.8 Å². The van der Waals surface area contributed by atoms with Crippen LogP contribution in [0.2, 0.25) is 0 Å². The van der Waals surface area contributed by atoms with Crippen molar-refractivity contribution in [1.82, 2.24) is 4.98 Å². The number of rotatable bonds is 3. The number of pyridine rings is 1. The van der Waals surface area contributed by atoms with Gasteiger partial charge in [0.15, 0.2) is 5.69 Å². The molecule has 0 unspecified atom stereocenters. The van der Waals surface area contributed by atoms with Gasteiger partial charge < -0.3 is 5.11 Å². The molecule has 1 N–H and O–H groups in total. The summed E-state index contributed by atoms with van der Waals surface area (Å²) >= 11 is 1.62. The smallest absolute Gasteiger partial charge is 0.355 e. The van der Waals surface area contributed by atoms with Gasteiger partial charge in [0, 0.05) is 16.7 Å². The Bertz CT molecular complexity index is 555. The molecule has 0 spiro atoms. The SMILES string of the molecule is CSc1cccc(-c2cccnc2C(=O)O)c1. The Hall–Kier alpha value is -1.81. The van der Waals surface area contributed by atoms with Crippen LogP contribution in [0.15, 0.2) is 47.5 Å². The molecule has 86 valence electrons. The third-order valence-electron chi connectivity index (χ3n) is 2.39. The molecule has 17 heavy (non-hydrogen) atoms. The molecule has 0 atom stereocenters. The maximum absolute atomic E-state index is 11.1. The van der Waals surface area contributed by atoms with Crippen molar-refractivity contribution in [1.29, 1.82) is 0 Å². The highest BCUT2D eigenvalue weighted by atomic mass is 32.2. The number of carboxylic acid groups (broad SMARTS) is 1. The summed E-state index contributed by atoms with van der Waals surface area (Å²) in [4.78, 5) is 16.1. The number of hydrogen-bond acceptors (Lipinski definition) is 3. The predicted octanol–water partition coefficient (Wildman–Crippen LogP) is 3.17. The van der Waals surface area contributed by atoms with E-state index in [9.17, 15) is 4.79 Å². The molecule has 1 aromatic carbocycles. The number of thioether (sulfide) groups is 1. The number of carbonyl (C=O) groups is 1. The number of nitrogens with zero attached hydrogens (tertiary/aromatic N) is 1. The van der Waals surface area contributed by atoms with Gasteiger partial charge >= 0.3 is 5.97 Å². The van der Waals surface area contributed by atoms with E-state index in [1.807, 2.05) is 30.5 Å². The van der Waals surface area contributed by atoms with Gasteiger partial charge in [-0.05, 0) is 30.0 Å². The summed E-state index contributed by atoms with van der Waals surface area (Å²) in [6, 6.07) is 11.3. The maximum Gasteiger partial charge on any atom is 0.355 e. The molecular weight excluding hydrogens is 234 g/mol. The topological polar surface area (TPSA) is 50.2 Å². The minimum atomic E-state index is -1.00. The third kappa shape index (κ3) is 2.47. The second kappa shape index (κ2) is 5.01. The Labute approximate surface area is 104 Å². The largest absolute Gasteiger partial charge is 0.476 e. The molecule has 1 heterocycles. The van der Waals surface area contributed by atoms with E-state index in [4.69, 9.17) is 5.11 Å². The Kier molecular flexibility index (Phi) is 3.44. The fourth-order valence-electron chi connectivity index (χ4n) is 1.60. The highest BCUT2D eigenvalue weighted by Gasteiger charge is 2.12. The second-order valence-electron chi connectivity index (χ2n) is 3.44. The molecule has 0 saturated carbocycles. The lowest BCUT2D eigenvalue weighted by molar-refractivity contribution is 0.0691. The van der Waals surface area contributed by atoms with Gasteiger partial charge in [0.1, 0.15) is 0 Å². The maximum atomic E-state index is 11.1. The summed E-state index contributed by atoms with van der Waals surface area (Å²) < 4.78 is 0. The van der Waals surface area contributed by atoms with E-state index in [1.54, 1.807) is 23.9 Å². The van der Waals surface area contributed by atoms with Crippen LogP contribution in [0.3, 0.4) is 0 Å². The fraction of sp³-hybridized carbons (Fsp3) is 0.0769. The predicted molar refractivity (Wildman–Crippen MR) is 68.4 cm³/mol. The molecule has 0 bridgehead atoms. The normalized spacial score (nSPS) is 10.2. The minimum Gasteiger partial charge on any atom is -0.476 e. The monoisotopic (exact) mass is 245 g/mol. The molecule has 0 amide bonds. The van der Waals surface area contributed by atoms with Crippen molar-refractivity contribution in [2.24, 2.45) is 0 Å². The molecule has 0 aliphatic rings. The van der Waals surface area contributed by atoms with Gasteiger partial charge in [-0.2, -0.15) is 0 Å². The van der Waals surface area contributed by atoms with Crippen molar-refractivity contribution in [2.75, 3.05) is 6.26 Å². The zero-order valence-corrected chi connectivity index (χ0v) is 10.1. The summed E-state index contributed by atoms with van der Waals surface area (Å²) in [7, 11) is 0. The molecule has 0 aliphatic heterocycles. The lowest BCUT2D eigenvalue weighted by Gasteiger charge is -2.06. The molecule has 2 aromatic rings. The van der Waals surface area contributed by atoms with Crippen LogP contribution in [0.25, 0.3) is 11.1 Å². The van der Waals surface area contributed by atoms with Gasteiger partial charge in [-0.1, -0.05) is 18.2 Å². The van der Waals surface area contributed by atoms with Crippen molar-refractivity contribution in [2.45, 2.75) is 4.90 Å². The molecule has 1 aromatic heterocycles. The molecule has 0 radical (unpaired) electrons. The number of aromatic carboxylic acids is 1. The van der Waals surface area contributed by atoms with Crippen molar-refractivity contribution < 1.29 is 9.90 Å². The van der Waals surface area contributed by atoms with E-state index in [-0.39, 0.29) is 5.69 Å². The number of carboxylic acids is 1. The summed E-state index contributed by atoms with van der Waals surface area (Å²) in [5, 5.41) is 9.09. The molecular formula is C13H11NO2S. The van der Waals surface area contributed by atoms with E-state index in [0.29, 0.717) is 5.56 Å². The van der Waals surface area contributed by atoms with E-state index < -0.39 is 5.97 Å². The number of hydrogen-bond donors (Lipinski definition) is 1. The van der Waals surface area contributed by atoms with Gasteiger partial charge in [0.2, 0.25) is 0 Å². The quantitative estimate of drug-likeness (QED) is 0.844. The van der Waals surface area contributed by atoms with Crippen molar-refractivity contribution in [3.8, 4) is 11.1 Å². The van der Waals surface area contributed by atoms with Crippen LogP contribution in [0, 0.1) is 0 Å². The molecule has 2 rings (SSSR count). The van der Waals surface area contributed by atoms with Crippen LogP contribution < -0.4 is 0 Å². The first-order chi connectivity index (χ1) is 8.22. The van der Waals surface area contributed by atoms with E-state index >= 15 is 0 Å². The van der Waals surface area contributed by atoms with Crippen molar-refractivity contribution >= 4 is 17.7 Å². The second-order valence-corrected chi connectivity index (χ2v) is 4.32. The average molecular weight is 245 g/mol. The third-order valence-corrected chi connectivity index (χ3v) is 3.12. The number of aromatic nitrogens is 1. The first-order valence-electron chi connectivity index (χ1n) is 5.05. The van der Waals surface area contributed by atoms with E-state index in [2.05, 4.69) is 4.98 Å². The van der Waals surface area contributed by atoms with Gasteiger partial charge in [-0.15, -0.1) is 11.8 Å². The number of benzene rings is 1. The van der Waals surface area contributed by atoms with Gasteiger partial charge in [0.25, 0.3) is 0 Å². The Morgan fingerprint density at radius 1 is 1.29 bits per heavy atom. The van der Waals surface area contributed by atoms with Gasteiger partial charge in [-0.25, -0.2) is 9.78 Å². The first kappa shape index (κ1) is 11.7. The highest BCUT2D eigenvalue weighted by molar-refractivity contribution is 7.98. The summed E-state index contributed by atoms with van der Waals surface area (Å²) in [6.07, 6.45) is 3.48. The lowest BCUT2D eigenvalue weighted by Crippen LogP contribution is -2.02. The minimum absolute atomic E-state index is 0.0887. The summed E-state index contributed by atoms with van der Waals surface area (Å²) in [6.45, 7) is 0. The molecule has 0 aliphatic carbocycles. The fourth-order valence-corrected chi connectivity index (χ4v) is 2.06. The molecule has 0 saturated heterocycles. The Morgan fingerprint density at radius 2 is 2.12 bits per heavy atom. The zero-order chi connectivity index (χ0) is 12.3. The highest BCUT2D eigenvalue weighted by Crippen LogP contribution is 2.26. The van der Waals surface area contributed by atoms with Gasteiger partial charge in [0.05, 0.1) is 0 Å². The standard InChI is InChI=1S/C13H11NO2S/c1-17-10-5-2-4-9(8-10)11-6-3-7-14-12(11)13(15)16/h2-8H,1H3,(H,15,16). The average Bonchev–Trinajstić information content (AvgIpc) is 2.39. The van der Waals surface area contributed by atoms with Crippen LogP contribution in [-0.2, 0) is 0 Å². The van der Waals surface area contributed by atoms with E-state index in [1.165, 1.54) is 6.20 Å². The summed E-state index contributed by atoms with van der Waals surface area (Å²) in [5.74, 6) is -1.00. The molecule has 4 heteroatoms. The summed E-state index contributed by atoms with van der Waals surface area (Å²) in [5.41, 5.74) is 1.61. The van der Waals surface area contributed by atoms with E-state index in [0.717, 1.165) is 10.5 Å². The van der Waals surface area contributed by atoms with Crippen LogP contribution in [-0.4, -0.2) is 22.3 Å². The van der Waals surface area contributed by atoms with Gasteiger partial charge in [-0.3, -0.25) is 0 Å². The Morgan fingerprint density at radius 3 is 2.82 bits per heavy atom. The Balaban J connectivity index is 2.56. The lowest BCUT2D eigenvalue weighted by atomic mass is 10.0.